The number of nitrogens with zero attached hydrogens (tertiary/aromatic N) is 1. The average Bonchev–Trinajstić information content (AvgIpc) is 2.68. The fraction of sp³-hybridized carbons (Fsp3) is 0.364. The lowest BCUT2D eigenvalue weighted by Gasteiger charge is -2.32. The SMILES string of the molecule is Cc1cccc(NC(=O)N2CCC[C@@H](C(=O)N[C@@H](C)c3ccccc3)C2)c1. The molecule has 0 saturated carbocycles. The van der Waals surface area contributed by atoms with Crippen molar-refractivity contribution in [3.63, 3.8) is 0 Å². The molecular weight excluding hydrogens is 338 g/mol. The lowest BCUT2D eigenvalue weighted by molar-refractivity contribution is -0.126. The van der Waals surface area contributed by atoms with Crippen LogP contribution in [0.25, 0.3) is 0 Å². The molecule has 0 spiro atoms. The van der Waals surface area contributed by atoms with Crippen molar-refractivity contribution in [2.75, 3.05) is 18.4 Å². The summed E-state index contributed by atoms with van der Waals surface area (Å²) in [5, 5.41) is 6.02. The van der Waals surface area contributed by atoms with Crippen molar-refractivity contribution >= 4 is 17.6 Å². The van der Waals surface area contributed by atoms with Crippen LogP contribution < -0.4 is 10.6 Å². The van der Waals surface area contributed by atoms with Gasteiger partial charge in [0.1, 0.15) is 0 Å². The van der Waals surface area contributed by atoms with Gasteiger partial charge in [0.05, 0.1) is 12.0 Å². The molecule has 5 nitrogen and oxygen atoms in total. The van der Waals surface area contributed by atoms with Gasteiger partial charge >= 0.3 is 6.03 Å². The third-order valence-electron chi connectivity index (χ3n) is 5.01. The van der Waals surface area contributed by atoms with E-state index in [2.05, 4.69) is 10.6 Å². The molecule has 27 heavy (non-hydrogen) atoms. The molecule has 1 aliphatic heterocycles. The zero-order valence-electron chi connectivity index (χ0n) is 15.9. The molecular formula is C22H27N3O2. The number of carbonyl (C=O) groups is 2. The highest BCUT2D eigenvalue weighted by Crippen LogP contribution is 2.20. The van der Waals surface area contributed by atoms with Crippen LogP contribution in [0, 0.1) is 12.8 Å². The van der Waals surface area contributed by atoms with E-state index in [0.29, 0.717) is 13.1 Å². The Morgan fingerprint density at radius 3 is 2.63 bits per heavy atom. The molecule has 0 radical (unpaired) electrons. The summed E-state index contributed by atoms with van der Waals surface area (Å²) in [6.45, 7) is 5.10. The van der Waals surface area contributed by atoms with E-state index < -0.39 is 0 Å². The lowest BCUT2D eigenvalue weighted by Crippen LogP contribution is -2.47. The fourth-order valence-corrected chi connectivity index (χ4v) is 3.46. The highest BCUT2D eigenvalue weighted by molar-refractivity contribution is 5.90. The van der Waals surface area contributed by atoms with Gasteiger partial charge in [-0.15, -0.1) is 0 Å². The van der Waals surface area contributed by atoms with Gasteiger partial charge in [-0.05, 0) is 49.9 Å². The number of hydrogen-bond donors (Lipinski definition) is 2. The van der Waals surface area contributed by atoms with Gasteiger partial charge in [0.2, 0.25) is 5.91 Å². The van der Waals surface area contributed by atoms with E-state index in [1.54, 1.807) is 4.90 Å². The maximum atomic E-state index is 12.7. The van der Waals surface area contributed by atoms with E-state index in [1.807, 2.05) is 68.4 Å². The Hall–Kier alpha value is -2.82. The van der Waals surface area contributed by atoms with Crippen molar-refractivity contribution in [3.05, 3.63) is 65.7 Å². The standard InChI is InChI=1S/C22H27N3O2/c1-16-8-6-12-20(14-16)24-22(27)25-13-7-11-19(15-25)21(26)23-17(2)18-9-4-3-5-10-18/h3-6,8-10,12,14,17,19H,7,11,13,15H2,1-2H3,(H,23,26)(H,24,27)/t17-,19+/m0/s1. The summed E-state index contributed by atoms with van der Waals surface area (Å²) in [5.41, 5.74) is 2.96. The predicted octanol–water partition coefficient (Wildman–Crippen LogP) is 4.12. The van der Waals surface area contributed by atoms with Crippen molar-refractivity contribution in [1.29, 1.82) is 0 Å². The summed E-state index contributed by atoms with van der Waals surface area (Å²) in [5.74, 6) is -0.160. The molecule has 1 saturated heterocycles. The molecule has 0 unspecified atom stereocenters. The number of benzene rings is 2. The van der Waals surface area contributed by atoms with Crippen LogP contribution in [0.2, 0.25) is 0 Å². The average molecular weight is 365 g/mol. The first-order valence-corrected chi connectivity index (χ1v) is 9.51. The normalized spacial score (nSPS) is 17.9. The molecule has 2 aromatic rings. The molecule has 1 aliphatic rings. The zero-order chi connectivity index (χ0) is 19.2. The van der Waals surface area contributed by atoms with E-state index in [4.69, 9.17) is 0 Å². The number of aryl methyl sites for hydroxylation is 1. The van der Waals surface area contributed by atoms with E-state index in [-0.39, 0.29) is 23.9 Å². The van der Waals surface area contributed by atoms with Gasteiger partial charge in [-0.2, -0.15) is 0 Å². The highest BCUT2D eigenvalue weighted by atomic mass is 16.2. The topological polar surface area (TPSA) is 61.4 Å². The first kappa shape index (κ1) is 19.0. The van der Waals surface area contributed by atoms with Gasteiger partial charge in [0, 0.05) is 18.8 Å². The number of hydrogen-bond acceptors (Lipinski definition) is 2. The van der Waals surface area contributed by atoms with E-state index in [9.17, 15) is 9.59 Å². The van der Waals surface area contributed by atoms with Crippen molar-refractivity contribution in [1.82, 2.24) is 10.2 Å². The largest absolute Gasteiger partial charge is 0.349 e. The zero-order valence-corrected chi connectivity index (χ0v) is 15.9. The van der Waals surface area contributed by atoms with Crippen molar-refractivity contribution in [2.45, 2.75) is 32.7 Å². The second-order valence-corrected chi connectivity index (χ2v) is 7.23. The highest BCUT2D eigenvalue weighted by Gasteiger charge is 2.29. The first-order valence-electron chi connectivity index (χ1n) is 9.51. The number of likely N-dealkylation sites (tertiary alicyclic amines) is 1. The van der Waals surface area contributed by atoms with Crippen LogP contribution in [0.15, 0.2) is 54.6 Å². The molecule has 5 heteroatoms. The minimum atomic E-state index is -0.173. The Morgan fingerprint density at radius 1 is 1.11 bits per heavy atom. The number of carbonyl (C=O) groups excluding carboxylic acids is 2. The lowest BCUT2D eigenvalue weighted by atomic mass is 9.96. The summed E-state index contributed by atoms with van der Waals surface area (Å²) < 4.78 is 0. The van der Waals surface area contributed by atoms with E-state index in [1.165, 1.54) is 0 Å². The summed E-state index contributed by atoms with van der Waals surface area (Å²) in [4.78, 5) is 27.0. The molecule has 142 valence electrons. The van der Waals surface area contributed by atoms with E-state index >= 15 is 0 Å². The third-order valence-corrected chi connectivity index (χ3v) is 5.01. The van der Waals surface area contributed by atoms with Crippen LogP contribution in [0.4, 0.5) is 10.5 Å². The smallest absolute Gasteiger partial charge is 0.321 e. The van der Waals surface area contributed by atoms with Gasteiger partial charge in [-0.25, -0.2) is 4.79 Å². The molecule has 1 fully saturated rings. The summed E-state index contributed by atoms with van der Waals surface area (Å²) in [7, 11) is 0. The Kier molecular flexibility index (Phi) is 6.12. The molecule has 2 atom stereocenters. The number of urea groups is 1. The maximum Gasteiger partial charge on any atom is 0.321 e. The van der Waals surface area contributed by atoms with Gasteiger partial charge in [-0.3, -0.25) is 4.79 Å². The minimum Gasteiger partial charge on any atom is -0.349 e. The predicted molar refractivity (Wildman–Crippen MR) is 107 cm³/mol. The molecule has 0 bridgehead atoms. The Bertz CT molecular complexity index is 791. The Morgan fingerprint density at radius 2 is 1.89 bits per heavy atom. The van der Waals surface area contributed by atoms with Crippen molar-refractivity contribution in [3.8, 4) is 0 Å². The monoisotopic (exact) mass is 365 g/mol. The second-order valence-electron chi connectivity index (χ2n) is 7.23. The van der Waals surface area contributed by atoms with Crippen LogP contribution >= 0.6 is 0 Å². The first-order chi connectivity index (χ1) is 13.0. The molecule has 1 heterocycles. The Labute approximate surface area is 160 Å². The molecule has 3 rings (SSSR count). The van der Waals surface area contributed by atoms with Crippen LogP contribution in [0.5, 0.6) is 0 Å². The van der Waals surface area contributed by atoms with Gasteiger partial charge in [0.15, 0.2) is 0 Å². The minimum absolute atomic E-state index is 0.0133. The Balaban J connectivity index is 1.56. The van der Waals surface area contributed by atoms with Crippen LogP contribution in [-0.4, -0.2) is 29.9 Å². The van der Waals surface area contributed by atoms with Gasteiger partial charge in [0.25, 0.3) is 0 Å². The van der Waals surface area contributed by atoms with Crippen LogP contribution in [0.3, 0.4) is 0 Å². The van der Waals surface area contributed by atoms with Crippen LogP contribution in [0.1, 0.15) is 36.9 Å². The van der Waals surface area contributed by atoms with Crippen LogP contribution in [-0.2, 0) is 4.79 Å². The summed E-state index contributed by atoms with van der Waals surface area (Å²) >= 11 is 0. The number of anilines is 1. The fourth-order valence-electron chi connectivity index (χ4n) is 3.46. The molecule has 2 N–H and O–H groups in total. The number of piperidine rings is 1. The number of amides is 3. The maximum absolute atomic E-state index is 12.7. The van der Waals surface area contributed by atoms with E-state index in [0.717, 1.165) is 29.7 Å². The molecule has 0 aromatic heterocycles. The van der Waals surface area contributed by atoms with Crippen molar-refractivity contribution < 1.29 is 9.59 Å². The number of rotatable bonds is 4. The molecule has 3 amide bonds. The van der Waals surface area contributed by atoms with Gasteiger partial charge < -0.3 is 15.5 Å². The molecule has 2 aromatic carbocycles. The number of nitrogens with one attached hydrogen (secondary N) is 2. The molecule has 0 aliphatic carbocycles. The summed E-state index contributed by atoms with van der Waals surface area (Å²) in [6.07, 6.45) is 1.64. The van der Waals surface area contributed by atoms with Gasteiger partial charge in [-0.1, -0.05) is 42.5 Å². The quantitative estimate of drug-likeness (QED) is 0.856. The summed E-state index contributed by atoms with van der Waals surface area (Å²) in [6, 6.07) is 17.4. The third kappa shape index (κ3) is 5.09. The van der Waals surface area contributed by atoms with Crippen molar-refractivity contribution in [2.24, 2.45) is 5.92 Å². The second kappa shape index (κ2) is 8.71.